The molecule has 0 unspecified atom stereocenters. The lowest BCUT2D eigenvalue weighted by molar-refractivity contribution is -0.125. The molecule has 0 aliphatic carbocycles. The molecule has 0 bridgehead atoms. The molecule has 1 aliphatic heterocycles. The predicted octanol–water partition coefficient (Wildman–Crippen LogP) is 2.18. The highest BCUT2D eigenvalue weighted by Gasteiger charge is 2.35. The van der Waals surface area contributed by atoms with Crippen molar-refractivity contribution in [1.29, 1.82) is 0 Å². The van der Waals surface area contributed by atoms with E-state index in [-0.39, 0.29) is 37.4 Å². The third-order valence-electron chi connectivity index (χ3n) is 5.54. The van der Waals surface area contributed by atoms with Crippen molar-refractivity contribution in [3.63, 3.8) is 0 Å². The van der Waals surface area contributed by atoms with E-state index in [1.54, 1.807) is 4.90 Å². The molecular weight excluding hydrogens is 408 g/mol. The zero-order chi connectivity index (χ0) is 23.3. The van der Waals surface area contributed by atoms with Crippen LogP contribution in [0.1, 0.15) is 34.3 Å². The molecule has 168 valence electrons. The highest BCUT2D eigenvalue weighted by atomic mass is 16.6. The molecule has 1 saturated heterocycles. The Kier molecular flexibility index (Phi) is 7.25. The molecule has 3 amide bonds. The highest BCUT2D eigenvalue weighted by Crippen LogP contribution is 2.28. The van der Waals surface area contributed by atoms with E-state index >= 15 is 0 Å². The van der Waals surface area contributed by atoms with Crippen LogP contribution in [0.3, 0.4) is 0 Å². The Morgan fingerprint density at radius 1 is 1.16 bits per heavy atom. The maximum absolute atomic E-state index is 13.4. The summed E-state index contributed by atoms with van der Waals surface area (Å²) in [6, 6.07) is 13.5. The summed E-state index contributed by atoms with van der Waals surface area (Å²) in [5.41, 5.74) is 10.5. The van der Waals surface area contributed by atoms with E-state index in [0.29, 0.717) is 17.7 Å². The van der Waals surface area contributed by atoms with Crippen LogP contribution in [0.4, 0.5) is 0 Å². The molecule has 1 heterocycles. The van der Waals surface area contributed by atoms with Crippen LogP contribution in [-0.4, -0.2) is 54.6 Å². The molecule has 0 saturated carbocycles. The fraction of sp³-hybridized carbons (Fsp3) is 0.333. The van der Waals surface area contributed by atoms with Crippen molar-refractivity contribution in [2.24, 2.45) is 10.9 Å². The largest absolute Gasteiger partial charge is 0.399 e. The highest BCUT2D eigenvalue weighted by molar-refractivity contribution is 6.02. The zero-order valence-corrected chi connectivity index (χ0v) is 18.6. The number of benzene rings is 2. The van der Waals surface area contributed by atoms with E-state index in [1.807, 2.05) is 37.3 Å². The number of nitrogens with one attached hydrogen (secondary N) is 1. The first kappa shape index (κ1) is 23.0. The van der Waals surface area contributed by atoms with Crippen LogP contribution in [0.15, 0.2) is 47.6 Å². The molecule has 3 N–H and O–H groups in total. The smallest absolute Gasteiger partial charge is 0.254 e. The summed E-state index contributed by atoms with van der Waals surface area (Å²) in [5, 5.41) is 6.46. The van der Waals surface area contributed by atoms with Gasteiger partial charge in [0.15, 0.2) is 0 Å². The lowest BCUT2D eigenvalue weighted by atomic mass is 9.96. The van der Waals surface area contributed by atoms with Gasteiger partial charge in [0.25, 0.3) is 5.91 Å². The Bertz CT molecular complexity index is 1060. The molecule has 3 rings (SSSR count). The van der Waals surface area contributed by atoms with E-state index in [2.05, 4.69) is 29.5 Å². The second-order valence-corrected chi connectivity index (χ2v) is 7.92. The number of likely N-dealkylation sites (tertiary alicyclic amines) is 1. The molecule has 0 spiro atoms. The number of carbonyl (C=O) groups excluding carboxylic acids is 3. The molecular formula is C24H28N4O4. The van der Waals surface area contributed by atoms with Crippen LogP contribution in [0, 0.1) is 13.8 Å². The first-order valence-electron chi connectivity index (χ1n) is 10.4. The maximum atomic E-state index is 13.4. The van der Waals surface area contributed by atoms with E-state index in [4.69, 9.17) is 10.6 Å². The monoisotopic (exact) mass is 436 g/mol. The summed E-state index contributed by atoms with van der Waals surface area (Å²) in [7, 11) is 1.44. The number of oxime groups is 1. The van der Waals surface area contributed by atoms with Crippen molar-refractivity contribution in [2.45, 2.75) is 32.7 Å². The number of carbonyl (C=O) groups is 3. The Morgan fingerprint density at radius 3 is 2.56 bits per heavy atom. The van der Waals surface area contributed by atoms with Crippen LogP contribution < -0.4 is 11.1 Å². The van der Waals surface area contributed by atoms with Crippen molar-refractivity contribution in [3.8, 4) is 11.1 Å². The fourth-order valence-electron chi connectivity index (χ4n) is 3.98. The average Bonchev–Trinajstić information content (AvgIpc) is 3.14. The Hall–Kier alpha value is -3.68. The van der Waals surface area contributed by atoms with Gasteiger partial charge in [0, 0.05) is 24.4 Å². The SMILES string of the molecule is CON=C1C[C@@H](CC(=O)NCC(N)=O)N(C(=O)c2ccc(-c3ccccc3C)cc2C)C1. The van der Waals surface area contributed by atoms with Crippen molar-refractivity contribution >= 4 is 23.4 Å². The minimum absolute atomic E-state index is 0.0437. The first-order valence-corrected chi connectivity index (χ1v) is 10.4. The quantitative estimate of drug-likeness (QED) is 0.648. The van der Waals surface area contributed by atoms with Crippen LogP contribution in [0.25, 0.3) is 11.1 Å². The minimum Gasteiger partial charge on any atom is -0.399 e. The van der Waals surface area contributed by atoms with Gasteiger partial charge in [0.2, 0.25) is 11.8 Å². The summed E-state index contributed by atoms with van der Waals surface area (Å²) in [6.07, 6.45) is 0.464. The second-order valence-electron chi connectivity index (χ2n) is 7.92. The van der Waals surface area contributed by atoms with Gasteiger partial charge in [-0.05, 0) is 42.2 Å². The summed E-state index contributed by atoms with van der Waals surface area (Å²) in [5.74, 6) is -1.14. The van der Waals surface area contributed by atoms with Gasteiger partial charge < -0.3 is 20.8 Å². The third kappa shape index (κ3) is 5.32. The lowest BCUT2D eigenvalue weighted by Crippen LogP contribution is -2.41. The Labute approximate surface area is 187 Å². The van der Waals surface area contributed by atoms with E-state index < -0.39 is 5.91 Å². The molecule has 32 heavy (non-hydrogen) atoms. The van der Waals surface area contributed by atoms with Gasteiger partial charge >= 0.3 is 0 Å². The number of nitrogens with two attached hydrogens (primary N) is 1. The predicted molar refractivity (Wildman–Crippen MR) is 122 cm³/mol. The molecule has 0 radical (unpaired) electrons. The second kappa shape index (κ2) is 10.1. The van der Waals surface area contributed by atoms with Gasteiger partial charge in [0.05, 0.1) is 18.8 Å². The summed E-state index contributed by atoms with van der Waals surface area (Å²) in [6.45, 7) is 4.00. The molecule has 2 aromatic rings. The average molecular weight is 437 g/mol. The van der Waals surface area contributed by atoms with Crippen LogP contribution in [0.2, 0.25) is 0 Å². The third-order valence-corrected chi connectivity index (χ3v) is 5.54. The molecule has 1 aliphatic rings. The van der Waals surface area contributed by atoms with Crippen LogP contribution >= 0.6 is 0 Å². The summed E-state index contributed by atoms with van der Waals surface area (Å²) >= 11 is 0. The molecule has 8 heteroatoms. The maximum Gasteiger partial charge on any atom is 0.254 e. The molecule has 8 nitrogen and oxygen atoms in total. The van der Waals surface area contributed by atoms with Crippen LogP contribution in [0.5, 0.6) is 0 Å². The molecule has 2 aromatic carbocycles. The summed E-state index contributed by atoms with van der Waals surface area (Å²) in [4.78, 5) is 43.1. The van der Waals surface area contributed by atoms with Gasteiger partial charge in [0.1, 0.15) is 7.11 Å². The van der Waals surface area contributed by atoms with E-state index in [0.717, 1.165) is 22.3 Å². The molecule has 1 atom stereocenters. The number of nitrogens with zero attached hydrogens (tertiary/aromatic N) is 2. The topological polar surface area (TPSA) is 114 Å². The van der Waals surface area contributed by atoms with Gasteiger partial charge in [-0.15, -0.1) is 0 Å². The zero-order valence-electron chi connectivity index (χ0n) is 18.6. The lowest BCUT2D eigenvalue weighted by Gasteiger charge is -2.24. The van der Waals surface area contributed by atoms with Gasteiger partial charge in [-0.3, -0.25) is 14.4 Å². The van der Waals surface area contributed by atoms with Crippen molar-refractivity contribution in [2.75, 3.05) is 20.2 Å². The van der Waals surface area contributed by atoms with Gasteiger partial charge in [-0.2, -0.15) is 0 Å². The van der Waals surface area contributed by atoms with E-state index in [1.165, 1.54) is 7.11 Å². The first-order chi connectivity index (χ1) is 15.3. The summed E-state index contributed by atoms with van der Waals surface area (Å²) < 4.78 is 0. The standard InChI is InChI=1S/C24H28N4O4/c1-15-6-4-5-7-20(15)17-8-9-21(16(2)10-17)24(31)28-14-18(27-32-3)11-19(28)12-23(30)26-13-22(25)29/h4-10,19H,11-14H2,1-3H3,(H2,25,29)(H,26,30)/t19-/m0/s1. The Balaban J connectivity index is 1.83. The number of rotatable bonds is 7. The number of aryl methyl sites for hydroxylation is 2. The van der Waals surface area contributed by atoms with Gasteiger partial charge in [-0.25, -0.2) is 0 Å². The number of primary amides is 1. The van der Waals surface area contributed by atoms with E-state index in [9.17, 15) is 14.4 Å². The van der Waals surface area contributed by atoms with Crippen molar-refractivity contribution in [1.82, 2.24) is 10.2 Å². The van der Waals surface area contributed by atoms with Crippen molar-refractivity contribution in [3.05, 3.63) is 59.2 Å². The fourth-order valence-corrected chi connectivity index (χ4v) is 3.98. The number of hydrogen-bond donors (Lipinski definition) is 2. The van der Waals surface area contributed by atoms with Crippen LogP contribution in [-0.2, 0) is 14.4 Å². The number of hydrogen-bond acceptors (Lipinski definition) is 5. The molecule has 1 fully saturated rings. The Morgan fingerprint density at radius 2 is 1.91 bits per heavy atom. The molecule has 0 aromatic heterocycles. The normalized spacial score (nSPS) is 16.8. The van der Waals surface area contributed by atoms with Crippen molar-refractivity contribution < 1.29 is 19.2 Å². The van der Waals surface area contributed by atoms with Gasteiger partial charge in [-0.1, -0.05) is 41.6 Å². The number of amides is 3. The minimum atomic E-state index is -0.622.